The van der Waals surface area contributed by atoms with Crippen LogP contribution in [0.1, 0.15) is 28.4 Å². The highest BCUT2D eigenvalue weighted by Crippen LogP contribution is 2.35. The number of hydrogen-bond acceptors (Lipinski definition) is 2. The van der Waals surface area contributed by atoms with Crippen molar-refractivity contribution in [2.45, 2.75) is 25.0 Å². The van der Waals surface area contributed by atoms with Gasteiger partial charge in [-0.05, 0) is 52.9 Å². The molecule has 0 heterocycles. The first-order valence-electron chi connectivity index (χ1n) is 8.21. The van der Waals surface area contributed by atoms with E-state index < -0.39 is 6.10 Å². The van der Waals surface area contributed by atoms with Crippen molar-refractivity contribution >= 4 is 10.8 Å². The van der Waals surface area contributed by atoms with Crippen LogP contribution in [0.5, 0.6) is 0 Å². The van der Waals surface area contributed by atoms with Gasteiger partial charge in [-0.2, -0.15) is 0 Å². The molecule has 0 bridgehead atoms. The predicted molar refractivity (Wildman–Crippen MR) is 94.7 cm³/mol. The topological polar surface area (TPSA) is 32.3 Å². The van der Waals surface area contributed by atoms with Gasteiger partial charge in [-0.25, -0.2) is 0 Å². The SMILES string of the molecule is CNC1Cc2cccc3c(C(O)c4ccccc4)ccc(c23)C1. The van der Waals surface area contributed by atoms with E-state index in [4.69, 9.17) is 0 Å². The molecule has 0 aliphatic heterocycles. The fraction of sp³-hybridized carbons (Fsp3) is 0.238. The molecule has 0 fully saturated rings. The van der Waals surface area contributed by atoms with Crippen LogP contribution >= 0.6 is 0 Å². The molecule has 1 aliphatic rings. The van der Waals surface area contributed by atoms with Crippen LogP contribution in [0.4, 0.5) is 0 Å². The maximum absolute atomic E-state index is 10.8. The third-order valence-corrected chi connectivity index (χ3v) is 5.00. The van der Waals surface area contributed by atoms with Gasteiger partial charge in [0, 0.05) is 6.04 Å². The van der Waals surface area contributed by atoms with Crippen molar-refractivity contribution in [3.8, 4) is 0 Å². The Morgan fingerprint density at radius 1 is 0.913 bits per heavy atom. The normalized spacial score (nSPS) is 18.1. The second kappa shape index (κ2) is 5.80. The van der Waals surface area contributed by atoms with Crippen molar-refractivity contribution in [3.05, 3.63) is 82.9 Å². The number of aliphatic hydroxyl groups excluding tert-OH is 1. The molecular formula is C21H21NO. The minimum atomic E-state index is -0.581. The first-order chi connectivity index (χ1) is 11.3. The predicted octanol–water partition coefficient (Wildman–Crippen LogP) is 3.61. The largest absolute Gasteiger partial charge is 0.384 e. The summed E-state index contributed by atoms with van der Waals surface area (Å²) >= 11 is 0. The van der Waals surface area contributed by atoms with E-state index in [1.54, 1.807) is 0 Å². The highest BCUT2D eigenvalue weighted by atomic mass is 16.3. The first kappa shape index (κ1) is 14.4. The average Bonchev–Trinajstić information content (AvgIpc) is 2.62. The number of aliphatic hydroxyl groups is 1. The van der Waals surface area contributed by atoms with Crippen molar-refractivity contribution in [2.75, 3.05) is 7.05 Å². The van der Waals surface area contributed by atoms with Gasteiger partial charge >= 0.3 is 0 Å². The van der Waals surface area contributed by atoms with Crippen LogP contribution in [-0.2, 0) is 12.8 Å². The van der Waals surface area contributed by atoms with Crippen molar-refractivity contribution in [1.29, 1.82) is 0 Å². The van der Waals surface area contributed by atoms with E-state index in [0.717, 1.165) is 24.0 Å². The van der Waals surface area contributed by atoms with Crippen LogP contribution in [0, 0.1) is 0 Å². The lowest BCUT2D eigenvalue weighted by molar-refractivity contribution is 0.222. The molecule has 116 valence electrons. The minimum Gasteiger partial charge on any atom is -0.384 e. The third-order valence-electron chi connectivity index (χ3n) is 5.00. The summed E-state index contributed by atoms with van der Waals surface area (Å²) in [5, 5.41) is 16.8. The van der Waals surface area contributed by atoms with E-state index in [9.17, 15) is 5.11 Å². The maximum Gasteiger partial charge on any atom is 0.105 e. The summed E-state index contributed by atoms with van der Waals surface area (Å²) < 4.78 is 0. The molecule has 1 aliphatic carbocycles. The smallest absolute Gasteiger partial charge is 0.105 e. The summed E-state index contributed by atoms with van der Waals surface area (Å²) in [6.07, 6.45) is 1.51. The minimum absolute atomic E-state index is 0.498. The zero-order valence-corrected chi connectivity index (χ0v) is 13.3. The van der Waals surface area contributed by atoms with E-state index in [-0.39, 0.29) is 0 Å². The first-order valence-corrected chi connectivity index (χ1v) is 8.21. The molecule has 2 atom stereocenters. The Hall–Kier alpha value is -2.16. The standard InChI is InChI=1S/C21H21NO/c1-22-17-12-15-8-5-9-18-19(11-10-16(13-17)20(15)18)21(23)14-6-3-2-4-7-14/h2-11,17,21-23H,12-13H2,1H3. The lowest BCUT2D eigenvalue weighted by Crippen LogP contribution is -2.32. The Balaban J connectivity index is 1.87. The van der Waals surface area contributed by atoms with E-state index in [1.807, 2.05) is 37.4 Å². The van der Waals surface area contributed by atoms with Gasteiger partial charge in [-0.3, -0.25) is 0 Å². The summed E-state index contributed by atoms with van der Waals surface area (Å²) in [5.41, 5.74) is 4.70. The Labute approximate surface area is 136 Å². The molecule has 0 saturated carbocycles. The van der Waals surface area contributed by atoms with E-state index in [1.165, 1.54) is 21.9 Å². The van der Waals surface area contributed by atoms with Gasteiger partial charge in [0.15, 0.2) is 0 Å². The van der Waals surface area contributed by atoms with Crippen LogP contribution in [0.25, 0.3) is 10.8 Å². The number of benzene rings is 3. The second-order valence-electron chi connectivity index (χ2n) is 6.36. The molecule has 2 heteroatoms. The zero-order valence-electron chi connectivity index (χ0n) is 13.3. The monoisotopic (exact) mass is 303 g/mol. The molecule has 3 aromatic carbocycles. The van der Waals surface area contributed by atoms with Gasteiger partial charge in [0.2, 0.25) is 0 Å². The second-order valence-corrected chi connectivity index (χ2v) is 6.36. The van der Waals surface area contributed by atoms with Gasteiger partial charge in [-0.1, -0.05) is 60.7 Å². The van der Waals surface area contributed by atoms with Crippen molar-refractivity contribution in [3.63, 3.8) is 0 Å². The van der Waals surface area contributed by atoms with E-state index >= 15 is 0 Å². The Bertz CT molecular complexity index is 829. The molecule has 0 saturated heterocycles. The zero-order chi connectivity index (χ0) is 15.8. The molecule has 2 nitrogen and oxygen atoms in total. The lowest BCUT2D eigenvalue weighted by atomic mass is 9.83. The molecule has 3 aromatic rings. The van der Waals surface area contributed by atoms with Crippen LogP contribution in [0.15, 0.2) is 60.7 Å². The lowest BCUT2D eigenvalue weighted by Gasteiger charge is -2.26. The molecule has 4 rings (SSSR count). The average molecular weight is 303 g/mol. The molecule has 23 heavy (non-hydrogen) atoms. The molecule has 0 aromatic heterocycles. The fourth-order valence-corrected chi connectivity index (χ4v) is 3.78. The van der Waals surface area contributed by atoms with Crippen LogP contribution in [0.2, 0.25) is 0 Å². The number of likely N-dealkylation sites (N-methyl/N-ethyl adjacent to an activating group) is 1. The summed E-state index contributed by atoms with van der Waals surface area (Å²) in [7, 11) is 2.03. The van der Waals surface area contributed by atoms with Gasteiger partial charge < -0.3 is 10.4 Å². The summed E-state index contributed by atoms with van der Waals surface area (Å²) in [5.74, 6) is 0. The molecule has 2 N–H and O–H groups in total. The van der Waals surface area contributed by atoms with Crippen molar-refractivity contribution in [2.24, 2.45) is 0 Å². The van der Waals surface area contributed by atoms with Crippen molar-refractivity contribution < 1.29 is 5.11 Å². The number of hydrogen-bond donors (Lipinski definition) is 2. The highest BCUT2D eigenvalue weighted by molar-refractivity contribution is 5.93. The molecule has 0 spiro atoms. The number of rotatable bonds is 3. The molecular weight excluding hydrogens is 282 g/mol. The highest BCUT2D eigenvalue weighted by Gasteiger charge is 2.22. The van der Waals surface area contributed by atoms with Gasteiger partial charge in [0.25, 0.3) is 0 Å². The summed E-state index contributed by atoms with van der Waals surface area (Å²) in [6.45, 7) is 0. The Morgan fingerprint density at radius 3 is 2.39 bits per heavy atom. The van der Waals surface area contributed by atoms with Crippen molar-refractivity contribution in [1.82, 2.24) is 5.32 Å². The van der Waals surface area contributed by atoms with Crippen LogP contribution in [-0.4, -0.2) is 18.2 Å². The molecule has 0 radical (unpaired) electrons. The number of nitrogens with one attached hydrogen (secondary N) is 1. The van der Waals surface area contributed by atoms with E-state index in [2.05, 4.69) is 35.6 Å². The maximum atomic E-state index is 10.8. The van der Waals surface area contributed by atoms with Crippen LogP contribution in [0.3, 0.4) is 0 Å². The van der Waals surface area contributed by atoms with E-state index in [0.29, 0.717) is 6.04 Å². The fourth-order valence-electron chi connectivity index (χ4n) is 3.78. The van der Waals surface area contributed by atoms with Gasteiger partial charge in [0.1, 0.15) is 6.10 Å². The summed E-state index contributed by atoms with van der Waals surface area (Å²) in [4.78, 5) is 0. The van der Waals surface area contributed by atoms with Gasteiger partial charge in [0.05, 0.1) is 0 Å². The third kappa shape index (κ3) is 2.44. The Kier molecular flexibility index (Phi) is 3.64. The Morgan fingerprint density at radius 2 is 1.65 bits per heavy atom. The van der Waals surface area contributed by atoms with Crippen LogP contribution < -0.4 is 5.32 Å². The molecule has 2 unspecified atom stereocenters. The summed E-state index contributed by atoms with van der Waals surface area (Å²) in [6, 6.07) is 21.1. The quantitative estimate of drug-likeness (QED) is 0.775. The van der Waals surface area contributed by atoms with Gasteiger partial charge in [-0.15, -0.1) is 0 Å². The molecule has 0 amide bonds.